The second-order valence-corrected chi connectivity index (χ2v) is 6.03. The van der Waals surface area contributed by atoms with Crippen LogP contribution < -0.4 is 5.32 Å². The van der Waals surface area contributed by atoms with E-state index in [2.05, 4.69) is 5.32 Å². The highest BCUT2D eigenvalue weighted by molar-refractivity contribution is 5.74. The van der Waals surface area contributed by atoms with Crippen LogP contribution in [0.1, 0.15) is 37.5 Å². The summed E-state index contributed by atoms with van der Waals surface area (Å²) in [4.78, 5) is 11.3. The van der Waals surface area contributed by atoms with Crippen LogP contribution in [0.4, 0.5) is 4.39 Å². The lowest BCUT2D eigenvalue weighted by Gasteiger charge is -2.26. The molecule has 4 heteroatoms. The summed E-state index contributed by atoms with van der Waals surface area (Å²) in [6.07, 6.45) is 0.143. The molecule has 2 N–H and O–H groups in total. The van der Waals surface area contributed by atoms with Crippen LogP contribution in [0.5, 0.6) is 0 Å². The van der Waals surface area contributed by atoms with Gasteiger partial charge in [-0.2, -0.15) is 0 Å². The molecule has 3 nitrogen and oxygen atoms in total. The van der Waals surface area contributed by atoms with Gasteiger partial charge in [-0.15, -0.1) is 0 Å². The van der Waals surface area contributed by atoms with Gasteiger partial charge in [-0.1, -0.05) is 6.07 Å². The van der Waals surface area contributed by atoms with Gasteiger partial charge in [0.15, 0.2) is 0 Å². The van der Waals surface area contributed by atoms with Gasteiger partial charge in [-0.05, 0) is 57.4 Å². The minimum absolute atomic E-state index is 0.143. The van der Waals surface area contributed by atoms with Gasteiger partial charge in [0.2, 0.25) is 0 Å². The molecule has 106 valence electrons. The van der Waals surface area contributed by atoms with Crippen molar-refractivity contribution in [3.8, 4) is 0 Å². The van der Waals surface area contributed by atoms with Crippen molar-refractivity contribution in [2.24, 2.45) is 0 Å². The summed E-state index contributed by atoms with van der Waals surface area (Å²) in [5, 5.41) is 12.3. The Balaban J connectivity index is 3.01. The highest BCUT2D eigenvalue weighted by atomic mass is 19.1. The van der Waals surface area contributed by atoms with Crippen molar-refractivity contribution < 1.29 is 14.3 Å². The molecule has 19 heavy (non-hydrogen) atoms. The van der Waals surface area contributed by atoms with Crippen molar-refractivity contribution >= 4 is 5.97 Å². The second kappa shape index (κ2) is 5.70. The maximum Gasteiger partial charge on any atom is 0.321 e. The molecule has 0 aliphatic carbocycles. The lowest BCUT2D eigenvalue weighted by molar-refractivity contribution is -0.140. The molecule has 0 bridgehead atoms. The van der Waals surface area contributed by atoms with Crippen molar-refractivity contribution in [3.63, 3.8) is 0 Å². The van der Waals surface area contributed by atoms with Crippen molar-refractivity contribution in [1.82, 2.24) is 5.32 Å². The number of rotatable bonds is 4. The lowest BCUT2D eigenvalue weighted by atomic mass is 9.96. The molecule has 0 aliphatic heterocycles. The molecular weight excluding hydrogens is 245 g/mol. The topological polar surface area (TPSA) is 49.3 Å². The van der Waals surface area contributed by atoms with Gasteiger partial charge in [0.25, 0.3) is 0 Å². The Bertz CT molecular complexity index is 455. The van der Waals surface area contributed by atoms with Gasteiger partial charge < -0.3 is 5.11 Å². The number of hydrogen-bond acceptors (Lipinski definition) is 2. The van der Waals surface area contributed by atoms with Crippen LogP contribution in [0.3, 0.4) is 0 Å². The molecule has 0 saturated carbocycles. The van der Waals surface area contributed by atoms with Crippen LogP contribution in [0.15, 0.2) is 12.1 Å². The largest absolute Gasteiger partial charge is 0.480 e. The SMILES string of the molecule is Cc1cc(C)c(CC(NC(C)(C)C)C(=O)O)c(F)c1. The highest BCUT2D eigenvalue weighted by Gasteiger charge is 2.25. The molecule has 0 aliphatic rings. The predicted octanol–water partition coefficient (Wildman–Crippen LogP) is 2.83. The monoisotopic (exact) mass is 267 g/mol. The minimum atomic E-state index is -0.964. The van der Waals surface area contributed by atoms with E-state index >= 15 is 0 Å². The van der Waals surface area contributed by atoms with Crippen LogP contribution in [-0.4, -0.2) is 22.7 Å². The first-order valence-electron chi connectivity index (χ1n) is 6.36. The molecule has 1 rings (SSSR count). The van der Waals surface area contributed by atoms with E-state index in [1.807, 2.05) is 33.8 Å². The van der Waals surface area contributed by atoms with E-state index < -0.39 is 12.0 Å². The molecule has 0 fully saturated rings. The first kappa shape index (κ1) is 15.6. The summed E-state index contributed by atoms with van der Waals surface area (Å²) >= 11 is 0. The van der Waals surface area contributed by atoms with Gasteiger partial charge in [-0.25, -0.2) is 4.39 Å². The normalized spacial score (nSPS) is 13.4. The lowest BCUT2D eigenvalue weighted by Crippen LogP contribution is -2.49. The Morgan fingerprint density at radius 3 is 2.37 bits per heavy atom. The van der Waals surface area contributed by atoms with Gasteiger partial charge >= 0.3 is 5.97 Å². The quantitative estimate of drug-likeness (QED) is 0.882. The number of aliphatic carboxylic acids is 1. The Labute approximate surface area is 113 Å². The number of aryl methyl sites for hydroxylation is 2. The molecule has 0 amide bonds. The number of nitrogens with one attached hydrogen (secondary N) is 1. The Morgan fingerprint density at radius 2 is 1.95 bits per heavy atom. The third-order valence-electron chi connectivity index (χ3n) is 2.88. The molecule has 1 aromatic rings. The zero-order valence-corrected chi connectivity index (χ0v) is 12.2. The molecule has 0 saturated heterocycles. The van der Waals surface area contributed by atoms with Gasteiger partial charge in [0, 0.05) is 12.0 Å². The molecule has 1 aromatic carbocycles. The molecule has 1 atom stereocenters. The number of benzene rings is 1. The van der Waals surface area contributed by atoms with Gasteiger partial charge in [0.1, 0.15) is 11.9 Å². The minimum Gasteiger partial charge on any atom is -0.480 e. The van der Waals surface area contributed by atoms with E-state index in [1.165, 1.54) is 6.07 Å². The van der Waals surface area contributed by atoms with Gasteiger partial charge in [0.05, 0.1) is 0 Å². The third kappa shape index (κ3) is 4.63. The first-order chi connectivity index (χ1) is 8.60. The average Bonchev–Trinajstić information content (AvgIpc) is 2.19. The second-order valence-electron chi connectivity index (χ2n) is 6.03. The van der Waals surface area contributed by atoms with Crippen molar-refractivity contribution in [3.05, 3.63) is 34.6 Å². The summed E-state index contributed by atoms with van der Waals surface area (Å²) in [6.45, 7) is 9.30. The summed E-state index contributed by atoms with van der Waals surface area (Å²) in [5.41, 5.74) is 1.77. The maximum absolute atomic E-state index is 13.9. The number of carboxylic acid groups (broad SMARTS) is 1. The zero-order valence-electron chi connectivity index (χ0n) is 12.2. The van der Waals surface area contributed by atoms with E-state index in [1.54, 1.807) is 6.92 Å². The van der Waals surface area contributed by atoms with E-state index in [-0.39, 0.29) is 17.8 Å². The van der Waals surface area contributed by atoms with E-state index in [9.17, 15) is 14.3 Å². The summed E-state index contributed by atoms with van der Waals surface area (Å²) in [5.74, 6) is -1.30. The molecule has 1 unspecified atom stereocenters. The summed E-state index contributed by atoms with van der Waals surface area (Å²) in [6, 6.07) is 2.52. The van der Waals surface area contributed by atoms with Crippen LogP contribution in [0.2, 0.25) is 0 Å². The van der Waals surface area contributed by atoms with Crippen LogP contribution in [0.25, 0.3) is 0 Å². The van der Waals surface area contributed by atoms with Crippen LogP contribution in [-0.2, 0) is 11.2 Å². The molecule has 0 aromatic heterocycles. The molecular formula is C15H22FNO2. The summed E-state index contributed by atoms with van der Waals surface area (Å²) < 4.78 is 13.9. The number of hydrogen-bond donors (Lipinski definition) is 2. The fraction of sp³-hybridized carbons (Fsp3) is 0.533. The van der Waals surface area contributed by atoms with Gasteiger partial charge in [-0.3, -0.25) is 10.1 Å². The Hall–Kier alpha value is -1.42. The first-order valence-corrected chi connectivity index (χ1v) is 6.36. The number of halogens is 1. The highest BCUT2D eigenvalue weighted by Crippen LogP contribution is 2.18. The van der Waals surface area contributed by atoms with E-state index in [0.717, 1.165) is 11.1 Å². The standard InChI is InChI=1S/C15H22FNO2/c1-9-6-10(2)11(12(16)7-9)8-13(14(18)19)17-15(3,4)5/h6-7,13,17H,8H2,1-5H3,(H,18,19). The van der Waals surface area contributed by atoms with Crippen LogP contribution in [0, 0.1) is 19.7 Å². The number of carbonyl (C=O) groups is 1. The van der Waals surface area contributed by atoms with Crippen molar-refractivity contribution in [2.75, 3.05) is 0 Å². The maximum atomic E-state index is 13.9. The average molecular weight is 267 g/mol. The van der Waals surface area contributed by atoms with Crippen molar-refractivity contribution in [2.45, 2.75) is 52.6 Å². The molecule has 0 heterocycles. The Kier molecular flexibility index (Phi) is 4.69. The molecule has 0 spiro atoms. The fourth-order valence-corrected chi connectivity index (χ4v) is 2.13. The van der Waals surface area contributed by atoms with E-state index in [4.69, 9.17) is 0 Å². The van der Waals surface area contributed by atoms with E-state index in [0.29, 0.717) is 5.56 Å². The Morgan fingerprint density at radius 1 is 1.37 bits per heavy atom. The summed E-state index contributed by atoms with van der Waals surface area (Å²) in [7, 11) is 0. The zero-order chi connectivity index (χ0) is 14.8. The molecule has 0 radical (unpaired) electrons. The van der Waals surface area contributed by atoms with Crippen molar-refractivity contribution in [1.29, 1.82) is 0 Å². The smallest absolute Gasteiger partial charge is 0.321 e. The number of carboxylic acids is 1. The fourth-order valence-electron chi connectivity index (χ4n) is 2.13. The van der Waals surface area contributed by atoms with Crippen LogP contribution >= 0.6 is 0 Å². The third-order valence-corrected chi connectivity index (χ3v) is 2.88. The predicted molar refractivity (Wildman–Crippen MR) is 73.9 cm³/mol.